The Morgan fingerprint density at radius 3 is 2.60 bits per heavy atom. The van der Waals surface area contributed by atoms with Crippen LogP contribution in [0.1, 0.15) is 25.0 Å². The van der Waals surface area contributed by atoms with Gasteiger partial charge in [-0.25, -0.2) is 0 Å². The second kappa shape index (κ2) is 7.41. The van der Waals surface area contributed by atoms with Gasteiger partial charge in [0.1, 0.15) is 0 Å². The fourth-order valence-corrected chi connectivity index (χ4v) is 2.35. The Morgan fingerprint density at radius 1 is 1.30 bits per heavy atom. The molecule has 1 heterocycles. The highest BCUT2D eigenvalue weighted by atomic mass is 16.2. The topological polar surface area (TPSA) is 44.4 Å². The molecule has 0 radical (unpaired) electrons. The van der Waals surface area contributed by atoms with Crippen molar-refractivity contribution in [3.05, 3.63) is 35.4 Å². The molecule has 1 aliphatic heterocycles. The summed E-state index contributed by atoms with van der Waals surface area (Å²) in [5.74, 6) is 0.326. The summed E-state index contributed by atoms with van der Waals surface area (Å²) in [5, 5.41) is 6.13. The average molecular weight is 275 g/mol. The van der Waals surface area contributed by atoms with Crippen molar-refractivity contribution >= 4 is 5.91 Å². The van der Waals surface area contributed by atoms with E-state index in [0.717, 1.165) is 32.7 Å². The van der Waals surface area contributed by atoms with E-state index in [-0.39, 0.29) is 11.8 Å². The fraction of sp³-hybridized carbons (Fsp3) is 0.562. The largest absolute Gasteiger partial charge is 0.352 e. The second-order valence-corrected chi connectivity index (χ2v) is 5.35. The lowest BCUT2D eigenvalue weighted by molar-refractivity contribution is -0.126. The molecule has 1 fully saturated rings. The third kappa shape index (κ3) is 4.05. The molecule has 0 spiro atoms. The van der Waals surface area contributed by atoms with Crippen LogP contribution in [0.5, 0.6) is 0 Å². The average Bonchev–Trinajstić information content (AvgIpc) is 2.41. The SMILES string of the molecule is CCN(CC)Cc1cccc(CNC(=O)C2CNC2)c1. The van der Waals surface area contributed by atoms with E-state index in [4.69, 9.17) is 0 Å². The highest BCUT2D eigenvalue weighted by molar-refractivity contribution is 5.79. The summed E-state index contributed by atoms with van der Waals surface area (Å²) in [5.41, 5.74) is 2.49. The van der Waals surface area contributed by atoms with Gasteiger partial charge in [-0.3, -0.25) is 9.69 Å². The first kappa shape index (κ1) is 15.0. The molecule has 0 saturated carbocycles. The van der Waals surface area contributed by atoms with Crippen molar-refractivity contribution in [2.75, 3.05) is 26.2 Å². The normalized spacial score (nSPS) is 15.2. The van der Waals surface area contributed by atoms with Gasteiger partial charge in [0.25, 0.3) is 0 Å². The van der Waals surface area contributed by atoms with Gasteiger partial charge >= 0.3 is 0 Å². The van der Waals surface area contributed by atoms with Crippen LogP contribution in [0.15, 0.2) is 24.3 Å². The summed E-state index contributed by atoms with van der Waals surface area (Å²) in [6, 6.07) is 8.49. The fourth-order valence-electron chi connectivity index (χ4n) is 2.35. The number of carbonyl (C=O) groups is 1. The van der Waals surface area contributed by atoms with Crippen LogP contribution in [-0.4, -0.2) is 37.0 Å². The molecule has 1 aromatic carbocycles. The molecule has 0 unspecified atom stereocenters. The number of nitrogens with zero attached hydrogens (tertiary/aromatic N) is 1. The lowest BCUT2D eigenvalue weighted by Gasteiger charge is -2.25. The molecule has 0 aliphatic carbocycles. The molecule has 2 N–H and O–H groups in total. The summed E-state index contributed by atoms with van der Waals surface area (Å²) < 4.78 is 0. The molecule has 110 valence electrons. The van der Waals surface area contributed by atoms with Crippen molar-refractivity contribution < 1.29 is 4.79 Å². The van der Waals surface area contributed by atoms with Gasteiger partial charge in [-0.1, -0.05) is 38.1 Å². The molecule has 0 aromatic heterocycles. The number of rotatable bonds is 7. The molecule has 1 aliphatic rings. The molecule has 1 amide bonds. The van der Waals surface area contributed by atoms with Crippen LogP contribution in [0.2, 0.25) is 0 Å². The van der Waals surface area contributed by atoms with Crippen molar-refractivity contribution in [1.82, 2.24) is 15.5 Å². The molecule has 1 saturated heterocycles. The molecule has 1 aromatic rings. The smallest absolute Gasteiger partial charge is 0.225 e. The molecule has 20 heavy (non-hydrogen) atoms. The van der Waals surface area contributed by atoms with Crippen molar-refractivity contribution in [3.8, 4) is 0 Å². The number of nitrogens with one attached hydrogen (secondary N) is 2. The maximum absolute atomic E-state index is 11.8. The Kier molecular flexibility index (Phi) is 5.56. The molecule has 2 rings (SSSR count). The van der Waals surface area contributed by atoms with Crippen LogP contribution in [0, 0.1) is 5.92 Å². The molecule has 4 nitrogen and oxygen atoms in total. The van der Waals surface area contributed by atoms with Crippen LogP contribution in [0.4, 0.5) is 0 Å². The van der Waals surface area contributed by atoms with E-state index in [9.17, 15) is 4.79 Å². The third-order valence-electron chi connectivity index (χ3n) is 3.91. The lowest BCUT2D eigenvalue weighted by Crippen LogP contribution is -2.50. The zero-order chi connectivity index (χ0) is 14.4. The van der Waals surface area contributed by atoms with Gasteiger partial charge in [-0.2, -0.15) is 0 Å². The zero-order valence-electron chi connectivity index (χ0n) is 12.5. The van der Waals surface area contributed by atoms with Gasteiger partial charge in [-0.15, -0.1) is 0 Å². The van der Waals surface area contributed by atoms with E-state index in [1.165, 1.54) is 11.1 Å². The Labute approximate surface area is 121 Å². The van der Waals surface area contributed by atoms with Gasteiger partial charge in [0, 0.05) is 26.2 Å². The minimum atomic E-state index is 0.161. The number of carbonyl (C=O) groups excluding carboxylic acids is 1. The standard InChI is InChI=1S/C16H25N3O/c1-3-19(4-2)12-14-7-5-6-13(8-14)9-18-16(20)15-10-17-11-15/h5-8,15,17H,3-4,9-12H2,1-2H3,(H,18,20). The Bertz CT molecular complexity index is 439. The minimum Gasteiger partial charge on any atom is -0.352 e. The maximum Gasteiger partial charge on any atom is 0.225 e. The summed E-state index contributed by atoms with van der Waals surface area (Å²) in [6.45, 7) is 9.71. The van der Waals surface area contributed by atoms with Crippen LogP contribution < -0.4 is 10.6 Å². The highest BCUT2D eigenvalue weighted by Crippen LogP contribution is 2.09. The molecule has 0 bridgehead atoms. The number of hydrogen-bond donors (Lipinski definition) is 2. The van der Waals surface area contributed by atoms with E-state index < -0.39 is 0 Å². The van der Waals surface area contributed by atoms with E-state index >= 15 is 0 Å². The van der Waals surface area contributed by atoms with Crippen LogP contribution in [0.25, 0.3) is 0 Å². The van der Waals surface area contributed by atoms with Crippen molar-refractivity contribution in [2.24, 2.45) is 5.92 Å². The zero-order valence-corrected chi connectivity index (χ0v) is 12.5. The summed E-state index contributed by atoms with van der Waals surface area (Å²) in [7, 11) is 0. The van der Waals surface area contributed by atoms with Gasteiger partial charge < -0.3 is 10.6 Å². The number of hydrogen-bond acceptors (Lipinski definition) is 3. The summed E-state index contributed by atoms with van der Waals surface area (Å²) in [4.78, 5) is 14.2. The van der Waals surface area contributed by atoms with Crippen molar-refractivity contribution in [2.45, 2.75) is 26.9 Å². The second-order valence-electron chi connectivity index (χ2n) is 5.35. The van der Waals surface area contributed by atoms with Gasteiger partial charge in [0.05, 0.1) is 5.92 Å². The number of amides is 1. The molecule has 0 atom stereocenters. The van der Waals surface area contributed by atoms with Crippen LogP contribution in [-0.2, 0) is 17.9 Å². The minimum absolute atomic E-state index is 0.161. The van der Waals surface area contributed by atoms with Crippen molar-refractivity contribution in [1.29, 1.82) is 0 Å². The maximum atomic E-state index is 11.8. The summed E-state index contributed by atoms with van der Waals surface area (Å²) >= 11 is 0. The third-order valence-corrected chi connectivity index (χ3v) is 3.91. The highest BCUT2D eigenvalue weighted by Gasteiger charge is 2.24. The first-order valence-corrected chi connectivity index (χ1v) is 7.51. The van der Waals surface area contributed by atoms with Gasteiger partial charge in [0.15, 0.2) is 0 Å². The van der Waals surface area contributed by atoms with E-state index in [1.54, 1.807) is 0 Å². The van der Waals surface area contributed by atoms with E-state index in [2.05, 4.69) is 53.6 Å². The molecular formula is C16H25N3O. The lowest BCUT2D eigenvalue weighted by atomic mass is 10.0. The van der Waals surface area contributed by atoms with E-state index in [0.29, 0.717) is 6.54 Å². The summed E-state index contributed by atoms with van der Waals surface area (Å²) in [6.07, 6.45) is 0. The monoisotopic (exact) mass is 275 g/mol. The predicted molar refractivity (Wildman–Crippen MR) is 81.3 cm³/mol. The van der Waals surface area contributed by atoms with Gasteiger partial charge in [-0.05, 0) is 24.2 Å². The van der Waals surface area contributed by atoms with Crippen molar-refractivity contribution in [3.63, 3.8) is 0 Å². The van der Waals surface area contributed by atoms with Crippen LogP contribution >= 0.6 is 0 Å². The van der Waals surface area contributed by atoms with E-state index in [1.807, 2.05) is 0 Å². The number of benzene rings is 1. The predicted octanol–water partition coefficient (Wildman–Crippen LogP) is 1.36. The Hall–Kier alpha value is -1.39. The Morgan fingerprint density at radius 2 is 2.00 bits per heavy atom. The van der Waals surface area contributed by atoms with Gasteiger partial charge in [0.2, 0.25) is 5.91 Å². The van der Waals surface area contributed by atoms with Crippen LogP contribution in [0.3, 0.4) is 0 Å². The Balaban J connectivity index is 1.86. The quantitative estimate of drug-likeness (QED) is 0.790. The first-order chi connectivity index (χ1) is 9.72. The molecule has 4 heteroatoms. The molecular weight excluding hydrogens is 250 g/mol. The first-order valence-electron chi connectivity index (χ1n) is 7.51.